The van der Waals surface area contributed by atoms with Gasteiger partial charge >= 0.3 is 0 Å². The molecule has 0 N–H and O–H groups in total. The van der Waals surface area contributed by atoms with Gasteiger partial charge in [0.1, 0.15) is 17.3 Å². The van der Waals surface area contributed by atoms with E-state index in [0.29, 0.717) is 11.1 Å². The Bertz CT molecular complexity index is 386. The average molecular weight is 256 g/mol. The molecular formula is C12H18ClN3O. The van der Waals surface area contributed by atoms with Crippen molar-refractivity contribution in [3.63, 3.8) is 0 Å². The fraction of sp³-hybridized carbons (Fsp3) is 0.667. The highest BCUT2D eigenvalue weighted by molar-refractivity contribution is 6.30. The van der Waals surface area contributed by atoms with E-state index in [-0.39, 0.29) is 0 Å². The van der Waals surface area contributed by atoms with Crippen molar-refractivity contribution in [2.75, 3.05) is 31.7 Å². The summed E-state index contributed by atoms with van der Waals surface area (Å²) in [7, 11) is 1.75. The summed E-state index contributed by atoms with van der Waals surface area (Å²) in [5.74, 6) is 1.59. The van der Waals surface area contributed by atoms with Gasteiger partial charge in [-0.1, -0.05) is 18.5 Å². The summed E-state index contributed by atoms with van der Waals surface area (Å²) >= 11 is 6.10. The standard InChI is InChI=1S/C12H18ClN3O/c1-3-10-11(13)14-8-15-12(10)16-5-4-9(6-16)7-17-2/h8-9H,3-7H2,1-2H3. The molecule has 0 aromatic carbocycles. The van der Waals surface area contributed by atoms with Gasteiger partial charge in [0, 0.05) is 31.7 Å². The van der Waals surface area contributed by atoms with Crippen LogP contribution in [0.4, 0.5) is 5.82 Å². The van der Waals surface area contributed by atoms with Crippen LogP contribution >= 0.6 is 11.6 Å². The number of rotatable bonds is 4. The van der Waals surface area contributed by atoms with Crippen LogP contribution in [0, 0.1) is 5.92 Å². The molecule has 94 valence electrons. The number of methoxy groups -OCH3 is 1. The van der Waals surface area contributed by atoms with E-state index in [1.165, 1.54) is 0 Å². The monoisotopic (exact) mass is 255 g/mol. The van der Waals surface area contributed by atoms with Crippen molar-refractivity contribution in [3.8, 4) is 0 Å². The van der Waals surface area contributed by atoms with Crippen molar-refractivity contribution >= 4 is 17.4 Å². The van der Waals surface area contributed by atoms with Gasteiger partial charge in [-0.25, -0.2) is 9.97 Å². The van der Waals surface area contributed by atoms with Crippen LogP contribution in [0.5, 0.6) is 0 Å². The molecule has 4 nitrogen and oxygen atoms in total. The van der Waals surface area contributed by atoms with Gasteiger partial charge in [-0.05, 0) is 12.8 Å². The number of anilines is 1. The van der Waals surface area contributed by atoms with Crippen LogP contribution in [0.25, 0.3) is 0 Å². The van der Waals surface area contributed by atoms with Crippen LogP contribution in [-0.4, -0.2) is 36.8 Å². The Labute approximate surface area is 107 Å². The van der Waals surface area contributed by atoms with Gasteiger partial charge in [0.05, 0.1) is 6.61 Å². The molecule has 0 saturated carbocycles. The number of aromatic nitrogens is 2. The molecule has 1 aliphatic heterocycles. The molecule has 2 rings (SSSR count). The summed E-state index contributed by atoms with van der Waals surface area (Å²) < 4.78 is 5.20. The Morgan fingerprint density at radius 2 is 2.35 bits per heavy atom. The summed E-state index contributed by atoms with van der Waals surface area (Å²) in [5, 5.41) is 0.577. The van der Waals surface area contributed by atoms with Gasteiger partial charge in [-0.15, -0.1) is 0 Å². The Kier molecular flexibility index (Phi) is 4.18. The lowest BCUT2D eigenvalue weighted by molar-refractivity contribution is 0.161. The van der Waals surface area contributed by atoms with Gasteiger partial charge < -0.3 is 9.64 Å². The van der Waals surface area contributed by atoms with E-state index in [1.807, 2.05) is 0 Å². The molecule has 0 amide bonds. The van der Waals surface area contributed by atoms with Gasteiger partial charge in [0.2, 0.25) is 0 Å². The molecule has 1 aromatic rings. The molecule has 1 aliphatic rings. The first-order valence-corrected chi connectivity index (χ1v) is 6.37. The van der Waals surface area contributed by atoms with Crippen molar-refractivity contribution in [2.45, 2.75) is 19.8 Å². The van der Waals surface area contributed by atoms with E-state index < -0.39 is 0 Å². The SMILES string of the molecule is CCc1c(Cl)ncnc1N1CCC(COC)C1. The lowest BCUT2D eigenvalue weighted by Crippen LogP contribution is -2.23. The summed E-state index contributed by atoms with van der Waals surface area (Å²) in [6.07, 6.45) is 3.56. The van der Waals surface area contributed by atoms with Crippen molar-refractivity contribution in [2.24, 2.45) is 5.92 Å². The predicted molar refractivity (Wildman–Crippen MR) is 68.6 cm³/mol. The van der Waals surface area contributed by atoms with Gasteiger partial charge in [0.15, 0.2) is 0 Å². The number of ether oxygens (including phenoxy) is 1. The molecule has 1 unspecified atom stereocenters. The third-order valence-electron chi connectivity index (χ3n) is 3.21. The largest absolute Gasteiger partial charge is 0.384 e. The highest BCUT2D eigenvalue weighted by Gasteiger charge is 2.25. The summed E-state index contributed by atoms with van der Waals surface area (Å²) in [5.41, 5.74) is 1.05. The molecule has 0 aliphatic carbocycles. The van der Waals surface area contributed by atoms with E-state index >= 15 is 0 Å². The van der Waals surface area contributed by atoms with Gasteiger partial charge in [-0.2, -0.15) is 0 Å². The second-order valence-electron chi connectivity index (χ2n) is 4.38. The van der Waals surface area contributed by atoms with Gasteiger partial charge in [0.25, 0.3) is 0 Å². The average Bonchev–Trinajstić information content (AvgIpc) is 2.78. The van der Waals surface area contributed by atoms with Crippen LogP contribution in [-0.2, 0) is 11.2 Å². The molecule has 1 fully saturated rings. The Morgan fingerprint density at radius 1 is 1.53 bits per heavy atom. The zero-order valence-corrected chi connectivity index (χ0v) is 11.1. The molecule has 1 aromatic heterocycles. The van der Waals surface area contributed by atoms with E-state index in [9.17, 15) is 0 Å². The van der Waals surface area contributed by atoms with E-state index in [2.05, 4.69) is 21.8 Å². The lowest BCUT2D eigenvalue weighted by atomic mass is 10.1. The smallest absolute Gasteiger partial charge is 0.137 e. The van der Waals surface area contributed by atoms with Crippen LogP contribution in [0.15, 0.2) is 6.33 Å². The third kappa shape index (κ3) is 2.69. The normalized spacial score (nSPS) is 19.9. The molecule has 0 bridgehead atoms. The van der Waals surface area contributed by atoms with Crippen LogP contribution in [0.2, 0.25) is 5.15 Å². The molecule has 0 spiro atoms. The van der Waals surface area contributed by atoms with Crippen LogP contribution in [0.3, 0.4) is 0 Å². The minimum absolute atomic E-state index is 0.577. The molecule has 1 saturated heterocycles. The Hall–Kier alpha value is -0.870. The molecule has 0 radical (unpaired) electrons. The van der Waals surface area contributed by atoms with Gasteiger partial charge in [-0.3, -0.25) is 0 Å². The highest BCUT2D eigenvalue weighted by Crippen LogP contribution is 2.28. The number of hydrogen-bond acceptors (Lipinski definition) is 4. The zero-order valence-electron chi connectivity index (χ0n) is 10.3. The minimum Gasteiger partial charge on any atom is -0.384 e. The maximum Gasteiger partial charge on any atom is 0.137 e. The fourth-order valence-corrected chi connectivity index (χ4v) is 2.62. The predicted octanol–water partition coefficient (Wildman–Crippen LogP) is 2.17. The van der Waals surface area contributed by atoms with E-state index in [0.717, 1.165) is 43.9 Å². The van der Waals surface area contributed by atoms with E-state index in [4.69, 9.17) is 16.3 Å². The number of halogens is 1. The number of hydrogen-bond donors (Lipinski definition) is 0. The first kappa shape index (κ1) is 12.6. The molecule has 5 heteroatoms. The topological polar surface area (TPSA) is 38.2 Å². The summed E-state index contributed by atoms with van der Waals surface area (Å²) in [6, 6.07) is 0. The zero-order chi connectivity index (χ0) is 12.3. The second-order valence-corrected chi connectivity index (χ2v) is 4.73. The van der Waals surface area contributed by atoms with Crippen LogP contribution < -0.4 is 4.90 Å². The second kappa shape index (κ2) is 5.65. The quantitative estimate of drug-likeness (QED) is 0.773. The van der Waals surface area contributed by atoms with Crippen molar-refractivity contribution in [1.29, 1.82) is 0 Å². The maximum absolute atomic E-state index is 6.10. The van der Waals surface area contributed by atoms with Crippen molar-refractivity contribution in [3.05, 3.63) is 17.0 Å². The molecule has 17 heavy (non-hydrogen) atoms. The molecule has 2 heterocycles. The Balaban J connectivity index is 2.15. The summed E-state index contributed by atoms with van der Waals surface area (Å²) in [4.78, 5) is 10.7. The fourth-order valence-electron chi connectivity index (χ4n) is 2.36. The van der Waals surface area contributed by atoms with E-state index in [1.54, 1.807) is 13.4 Å². The molecule has 1 atom stereocenters. The van der Waals surface area contributed by atoms with Crippen molar-refractivity contribution < 1.29 is 4.74 Å². The minimum atomic E-state index is 0.577. The lowest BCUT2D eigenvalue weighted by Gasteiger charge is -2.20. The molecular weight excluding hydrogens is 238 g/mol. The highest BCUT2D eigenvalue weighted by atomic mass is 35.5. The van der Waals surface area contributed by atoms with Crippen LogP contribution in [0.1, 0.15) is 18.9 Å². The maximum atomic E-state index is 6.10. The Morgan fingerprint density at radius 3 is 3.06 bits per heavy atom. The number of nitrogens with zero attached hydrogens (tertiary/aromatic N) is 3. The third-order valence-corrected chi connectivity index (χ3v) is 3.54. The first-order chi connectivity index (χ1) is 8.26. The first-order valence-electron chi connectivity index (χ1n) is 5.99. The van der Waals surface area contributed by atoms with Crippen molar-refractivity contribution in [1.82, 2.24) is 9.97 Å². The summed E-state index contributed by atoms with van der Waals surface area (Å²) in [6.45, 7) is 4.91.